The molecular formula is C6H2N6O. The number of nitrogens with zero attached hydrogens (tertiary/aromatic N) is 6. The summed E-state index contributed by atoms with van der Waals surface area (Å²) in [7, 11) is 0. The van der Waals surface area contributed by atoms with Crippen LogP contribution in [0.15, 0.2) is 21.1 Å². The maximum Gasteiger partial charge on any atom is 0.288 e. The van der Waals surface area contributed by atoms with Gasteiger partial charge in [-0.3, -0.25) is 4.79 Å². The molecule has 3 heterocycles. The highest BCUT2D eigenvalue weighted by Crippen LogP contribution is 2.01. The fourth-order valence-electron chi connectivity index (χ4n) is 1.15. The summed E-state index contributed by atoms with van der Waals surface area (Å²) in [5.41, 5.74) is -0.289. The normalized spacial score (nSPS) is 13.2. The fraction of sp³-hybridized carbons (Fsp3) is 0. The average molecular weight is 174 g/mol. The lowest BCUT2D eigenvalue weighted by atomic mass is 10.5. The van der Waals surface area contributed by atoms with Crippen molar-refractivity contribution in [1.29, 1.82) is 0 Å². The topological polar surface area (TPSA) is 84.9 Å². The molecule has 0 bridgehead atoms. The van der Waals surface area contributed by atoms with Crippen molar-refractivity contribution in [1.82, 2.24) is 19.6 Å². The summed E-state index contributed by atoms with van der Waals surface area (Å²) >= 11 is 0. The Bertz CT molecular complexity index is 626. The first-order valence-electron chi connectivity index (χ1n) is 3.50. The van der Waals surface area contributed by atoms with Crippen LogP contribution in [0.2, 0.25) is 0 Å². The van der Waals surface area contributed by atoms with Gasteiger partial charge in [0.2, 0.25) is 0 Å². The van der Waals surface area contributed by atoms with Gasteiger partial charge in [0, 0.05) is 0 Å². The minimum absolute atomic E-state index is 0.243. The van der Waals surface area contributed by atoms with E-state index in [0.717, 1.165) is 0 Å². The van der Waals surface area contributed by atoms with Gasteiger partial charge in [0.25, 0.3) is 11.3 Å². The number of hydrogen-bond acceptors (Lipinski definition) is 6. The molecule has 1 aliphatic rings. The zero-order valence-electron chi connectivity index (χ0n) is 6.25. The Balaban J connectivity index is 2.70. The molecule has 0 saturated heterocycles. The van der Waals surface area contributed by atoms with E-state index in [1.54, 1.807) is 0 Å². The van der Waals surface area contributed by atoms with Gasteiger partial charge in [-0.1, -0.05) is 0 Å². The van der Waals surface area contributed by atoms with Gasteiger partial charge in [-0.2, -0.15) is 4.98 Å². The van der Waals surface area contributed by atoms with E-state index in [4.69, 9.17) is 0 Å². The van der Waals surface area contributed by atoms with Crippen LogP contribution in [0.5, 0.6) is 0 Å². The molecule has 62 valence electrons. The van der Waals surface area contributed by atoms with E-state index >= 15 is 0 Å². The van der Waals surface area contributed by atoms with Crippen molar-refractivity contribution >= 4 is 17.9 Å². The molecular weight excluding hydrogens is 172 g/mol. The molecule has 7 heteroatoms. The zero-order valence-corrected chi connectivity index (χ0v) is 6.25. The first kappa shape index (κ1) is 6.35. The lowest BCUT2D eigenvalue weighted by Gasteiger charge is -1.88. The molecule has 0 spiro atoms. The zero-order chi connectivity index (χ0) is 8.84. The Morgan fingerprint density at radius 3 is 3.23 bits per heavy atom. The van der Waals surface area contributed by atoms with Gasteiger partial charge in [-0.15, -0.1) is 10.2 Å². The minimum Gasteiger partial charge on any atom is -0.266 e. The van der Waals surface area contributed by atoms with Gasteiger partial charge in [0.15, 0.2) is 11.2 Å². The van der Waals surface area contributed by atoms with Gasteiger partial charge in [0.1, 0.15) is 12.7 Å². The monoisotopic (exact) mass is 174 g/mol. The molecule has 0 atom stereocenters. The molecule has 0 aromatic carbocycles. The quantitative estimate of drug-likeness (QED) is 0.486. The third-order valence-corrected chi connectivity index (χ3v) is 1.74. The van der Waals surface area contributed by atoms with E-state index in [0.29, 0.717) is 5.82 Å². The van der Waals surface area contributed by atoms with Gasteiger partial charge in [0.05, 0.1) is 0 Å². The van der Waals surface area contributed by atoms with Gasteiger partial charge in [-0.25, -0.2) is 14.4 Å². The third kappa shape index (κ3) is 0.675. The van der Waals surface area contributed by atoms with Gasteiger partial charge < -0.3 is 0 Å². The SMILES string of the molecule is O=c1c2c(nc3nncn13)N=CN=2. The van der Waals surface area contributed by atoms with Crippen molar-refractivity contribution in [2.24, 2.45) is 9.98 Å². The molecule has 1 aliphatic heterocycles. The molecule has 0 aliphatic carbocycles. The Hall–Kier alpha value is -2.18. The van der Waals surface area contributed by atoms with E-state index in [2.05, 4.69) is 25.2 Å². The molecule has 13 heavy (non-hydrogen) atoms. The molecule has 2 aromatic rings. The van der Waals surface area contributed by atoms with Crippen LogP contribution < -0.4 is 10.9 Å². The van der Waals surface area contributed by atoms with Crippen molar-refractivity contribution in [3.8, 4) is 0 Å². The van der Waals surface area contributed by atoms with Crippen molar-refractivity contribution in [2.45, 2.75) is 0 Å². The molecule has 0 amide bonds. The largest absolute Gasteiger partial charge is 0.288 e. The molecule has 0 N–H and O–H groups in total. The Labute approximate surface area is 70.5 Å². The van der Waals surface area contributed by atoms with Crippen LogP contribution in [0.4, 0.5) is 5.82 Å². The molecule has 2 aromatic heterocycles. The van der Waals surface area contributed by atoms with Crippen LogP contribution in [0, 0.1) is 0 Å². The van der Waals surface area contributed by atoms with Crippen molar-refractivity contribution in [3.05, 3.63) is 22.0 Å². The third-order valence-electron chi connectivity index (χ3n) is 1.74. The van der Waals surface area contributed by atoms with E-state index in [1.807, 2.05) is 0 Å². The lowest BCUT2D eigenvalue weighted by Crippen LogP contribution is -2.30. The second-order valence-electron chi connectivity index (χ2n) is 2.46. The van der Waals surface area contributed by atoms with Crippen LogP contribution >= 0.6 is 0 Å². The standard InChI is InChI=1S/C6H2N6O/c13-5-3-4(8-1-7-3)10-6-11-9-2-12(5)6/h1-2H. The molecule has 0 radical (unpaired) electrons. The summed E-state index contributed by atoms with van der Waals surface area (Å²) < 4.78 is 1.23. The number of rotatable bonds is 0. The Morgan fingerprint density at radius 1 is 1.38 bits per heavy atom. The first-order valence-corrected chi connectivity index (χ1v) is 3.50. The number of hydrogen-bond donors (Lipinski definition) is 0. The van der Waals surface area contributed by atoms with Crippen LogP contribution in [0.25, 0.3) is 5.78 Å². The lowest BCUT2D eigenvalue weighted by molar-refractivity contribution is 1.02. The summed E-state index contributed by atoms with van der Waals surface area (Å²) in [6.07, 6.45) is 2.60. The molecule has 3 rings (SSSR count). The van der Waals surface area contributed by atoms with Crippen LogP contribution in [0.3, 0.4) is 0 Å². The number of aromatic nitrogens is 4. The molecule has 0 fully saturated rings. The van der Waals surface area contributed by atoms with Gasteiger partial charge >= 0.3 is 0 Å². The maximum absolute atomic E-state index is 11.6. The highest BCUT2D eigenvalue weighted by Gasteiger charge is 2.10. The van der Waals surface area contributed by atoms with Crippen molar-refractivity contribution in [3.63, 3.8) is 0 Å². The Kier molecular flexibility index (Phi) is 0.950. The number of fused-ring (bicyclic) bond motifs is 2. The van der Waals surface area contributed by atoms with Crippen molar-refractivity contribution < 1.29 is 0 Å². The summed E-state index contributed by atoms with van der Waals surface area (Å²) in [4.78, 5) is 23.1. The minimum atomic E-state index is -0.289. The summed E-state index contributed by atoms with van der Waals surface area (Å²) in [6.45, 7) is 0. The van der Waals surface area contributed by atoms with Gasteiger partial charge in [-0.05, 0) is 0 Å². The Morgan fingerprint density at radius 2 is 2.31 bits per heavy atom. The molecule has 0 saturated carbocycles. The predicted octanol–water partition coefficient (Wildman–Crippen LogP) is -1.50. The maximum atomic E-state index is 11.6. The van der Waals surface area contributed by atoms with Crippen LogP contribution in [-0.2, 0) is 0 Å². The smallest absolute Gasteiger partial charge is 0.266 e. The average Bonchev–Trinajstić information content (AvgIpc) is 2.71. The highest BCUT2D eigenvalue weighted by molar-refractivity contribution is 5.65. The second-order valence-corrected chi connectivity index (χ2v) is 2.46. The summed E-state index contributed by atoms with van der Waals surface area (Å²) in [5, 5.41) is 7.45. The van der Waals surface area contributed by atoms with Crippen LogP contribution in [0.1, 0.15) is 0 Å². The first-order chi connectivity index (χ1) is 6.36. The number of aliphatic imine (C=N–C) groups is 1. The molecule has 0 unspecified atom stereocenters. The molecule has 7 nitrogen and oxygen atoms in total. The summed E-state index contributed by atoms with van der Waals surface area (Å²) in [5.74, 6) is 0.559. The van der Waals surface area contributed by atoms with E-state index in [9.17, 15) is 4.79 Å². The predicted molar refractivity (Wildman–Crippen MR) is 42.0 cm³/mol. The van der Waals surface area contributed by atoms with E-state index in [-0.39, 0.29) is 16.7 Å². The summed E-state index contributed by atoms with van der Waals surface area (Å²) in [6, 6.07) is 0. The highest BCUT2D eigenvalue weighted by atomic mass is 16.1. The van der Waals surface area contributed by atoms with Crippen molar-refractivity contribution in [2.75, 3.05) is 0 Å². The fourth-order valence-corrected chi connectivity index (χ4v) is 1.15. The van der Waals surface area contributed by atoms with Crippen LogP contribution in [-0.4, -0.2) is 25.9 Å². The second kappa shape index (κ2) is 1.94. The van der Waals surface area contributed by atoms with E-state index in [1.165, 1.54) is 17.1 Å². The van der Waals surface area contributed by atoms with E-state index < -0.39 is 0 Å².